The molecule has 0 aliphatic heterocycles. The van der Waals surface area contributed by atoms with Gasteiger partial charge in [0.15, 0.2) is 0 Å². The van der Waals surface area contributed by atoms with Crippen molar-refractivity contribution in [1.82, 2.24) is 0 Å². The normalized spacial score (nSPS) is 11.5. The Kier molecular flexibility index (Phi) is 4.83. The fourth-order valence-corrected chi connectivity index (χ4v) is 4.23. The summed E-state index contributed by atoms with van der Waals surface area (Å²) in [6.45, 7) is 1.11. The average molecular weight is 341 g/mol. The molecule has 0 aliphatic carbocycles. The number of rotatable bonds is 6. The van der Waals surface area contributed by atoms with E-state index in [1.807, 2.05) is 60.7 Å². The third-order valence-electron chi connectivity index (χ3n) is 3.96. The monoisotopic (exact) mass is 341 g/mol. The van der Waals surface area contributed by atoms with Gasteiger partial charge in [-0.2, -0.15) is 0 Å². The third kappa shape index (κ3) is 3.27. The summed E-state index contributed by atoms with van der Waals surface area (Å²) < 4.78 is 27.9. The van der Waals surface area contributed by atoms with Crippen molar-refractivity contribution in [2.24, 2.45) is 0 Å². The number of fused-ring (bicyclic) bond motifs is 1. The van der Waals surface area contributed by atoms with Crippen LogP contribution in [0.15, 0.2) is 77.7 Å². The molecule has 3 rings (SSSR count). The molecular weight excluding hydrogens is 320 g/mol. The summed E-state index contributed by atoms with van der Waals surface area (Å²) in [6, 6.07) is 22.3. The van der Waals surface area contributed by atoms with Crippen LogP contribution in [0.2, 0.25) is 0 Å². The molecule has 0 saturated heterocycles. The highest BCUT2D eigenvalue weighted by Crippen LogP contribution is 2.26. The molecule has 0 amide bonds. The van der Waals surface area contributed by atoms with Crippen molar-refractivity contribution in [3.05, 3.63) is 72.8 Å². The first-order valence-corrected chi connectivity index (χ1v) is 9.43. The van der Waals surface area contributed by atoms with E-state index in [1.165, 1.54) is 4.31 Å². The summed E-state index contributed by atoms with van der Waals surface area (Å²) >= 11 is 0. The molecule has 0 radical (unpaired) electrons. The van der Waals surface area contributed by atoms with Crippen LogP contribution in [0.1, 0.15) is 6.42 Å². The minimum Gasteiger partial charge on any atom is -0.358 e. The molecule has 0 bridgehead atoms. The summed E-state index contributed by atoms with van der Waals surface area (Å²) in [5.74, 6) is 0. The van der Waals surface area contributed by atoms with Gasteiger partial charge in [0.2, 0.25) is 0 Å². The smallest absolute Gasteiger partial charge is 0.264 e. The molecule has 0 aliphatic rings. The zero-order valence-corrected chi connectivity index (χ0v) is 14.2. The standard InChI is InChI=1S/C19H20N2O2S/c20-13-6-14-21(18-9-2-1-3-10-18)24(22,23)19-12-11-16-7-4-5-8-17(16)15-19/h1-5,7-12,15H,6,13-14,20H2/p+1. The summed E-state index contributed by atoms with van der Waals surface area (Å²) in [5, 5.41) is 1.95. The Bertz CT molecular complexity index is 924. The molecular formula is C19H21N2O2S+. The fraction of sp³-hybridized carbons (Fsp3) is 0.158. The average Bonchev–Trinajstić information content (AvgIpc) is 2.62. The lowest BCUT2D eigenvalue weighted by atomic mass is 10.1. The van der Waals surface area contributed by atoms with Crippen molar-refractivity contribution in [1.29, 1.82) is 0 Å². The molecule has 0 heterocycles. The zero-order chi connectivity index (χ0) is 17.0. The van der Waals surface area contributed by atoms with Gasteiger partial charge in [-0.05, 0) is 35.0 Å². The van der Waals surface area contributed by atoms with Gasteiger partial charge in [-0.15, -0.1) is 0 Å². The Balaban J connectivity index is 2.06. The van der Waals surface area contributed by atoms with Gasteiger partial charge in [0.25, 0.3) is 10.0 Å². The van der Waals surface area contributed by atoms with Crippen molar-refractivity contribution in [2.45, 2.75) is 11.3 Å². The topological polar surface area (TPSA) is 65.0 Å². The molecule has 3 aromatic carbocycles. The summed E-state index contributed by atoms with van der Waals surface area (Å²) in [5.41, 5.74) is 4.51. The fourth-order valence-electron chi connectivity index (χ4n) is 2.69. The summed E-state index contributed by atoms with van der Waals surface area (Å²) in [4.78, 5) is 0.314. The van der Waals surface area contributed by atoms with E-state index in [0.717, 1.165) is 10.8 Å². The molecule has 0 atom stereocenters. The van der Waals surface area contributed by atoms with Crippen LogP contribution in [-0.2, 0) is 10.0 Å². The van der Waals surface area contributed by atoms with Crippen LogP contribution < -0.4 is 10.0 Å². The van der Waals surface area contributed by atoms with Crippen molar-refractivity contribution < 1.29 is 14.2 Å². The second kappa shape index (κ2) is 7.03. The molecule has 24 heavy (non-hydrogen) atoms. The second-order valence-corrected chi connectivity index (χ2v) is 7.49. The van der Waals surface area contributed by atoms with Crippen LogP contribution in [0, 0.1) is 0 Å². The lowest BCUT2D eigenvalue weighted by molar-refractivity contribution is -0.367. The highest BCUT2D eigenvalue weighted by atomic mass is 32.2. The van der Waals surface area contributed by atoms with E-state index in [2.05, 4.69) is 5.73 Å². The van der Waals surface area contributed by atoms with Gasteiger partial charge in [0.05, 0.1) is 17.1 Å². The number of nitrogens with zero attached hydrogens (tertiary/aromatic N) is 1. The largest absolute Gasteiger partial charge is 0.358 e. The maximum Gasteiger partial charge on any atom is 0.264 e. The van der Waals surface area contributed by atoms with Crippen LogP contribution in [-0.4, -0.2) is 21.5 Å². The SMILES string of the molecule is [NH3+]CCCN(c1ccccc1)S(=O)(=O)c1ccc2ccccc2c1. The van der Waals surface area contributed by atoms with Gasteiger partial charge in [-0.3, -0.25) is 4.31 Å². The molecule has 3 N–H and O–H groups in total. The number of anilines is 1. The zero-order valence-electron chi connectivity index (χ0n) is 13.4. The number of hydrogen-bond acceptors (Lipinski definition) is 2. The van der Waals surface area contributed by atoms with E-state index in [0.29, 0.717) is 30.1 Å². The third-order valence-corrected chi connectivity index (χ3v) is 5.79. The molecule has 4 nitrogen and oxygen atoms in total. The van der Waals surface area contributed by atoms with Gasteiger partial charge < -0.3 is 5.73 Å². The van der Waals surface area contributed by atoms with Crippen LogP contribution in [0.5, 0.6) is 0 Å². The van der Waals surface area contributed by atoms with Crippen molar-refractivity contribution in [3.63, 3.8) is 0 Å². The first-order valence-electron chi connectivity index (χ1n) is 7.99. The van der Waals surface area contributed by atoms with E-state index < -0.39 is 10.0 Å². The quantitative estimate of drug-likeness (QED) is 0.749. The van der Waals surface area contributed by atoms with Gasteiger partial charge in [-0.1, -0.05) is 48.5 Å². The molecule has 0 spiro atoms. The molecule has 5 heteroatoms. The van der Waals surface area contributed by atoms with Gasteiger partial charge in [0.1, 0.15) is 0 Å². The Hall–Kier alpha value is -2.37. The van der Waals surface area contributed by atoms with Gasteiger partial charge in [0, 0.05) is 13.0 Å². The molecule has 0 aromatic heterocycles. The summed E-state index contributed by atoms with van der Waals surface area (Å²) in [7, 11) is -3.61. The molecule has 124 valence electrons. The highest BCUT2D eigenvalue weighted by Gasteiger charge is 2.24. The van der Waals surface area contributed by atoms with Crippen LogP contribution in [0.4, 0.5) is 5.69 Å². The Morgan fingerprint density at radius 1 is 0.833 bits per heavy atom. The van der Waals surface area contributed by atoms with Crippen molar-refractivity contribution in [3.8, 4) is 0 Å². The number of benzene rings is 3. The number of para-hydroxylation sites is 1. The van der Waals surface area contributed by atoms with E-state index in [4.69, 9.17) is 0 Å². The van der Waals surface area contributed by atoms with Crippen molar-refractivity contribution in [2.75, 3.05) is 17.4 Å². The summed E-state index contributed by atoms with van der Waals surface area (Å²) in [6.07, 6.45) is 0.710. The van der Waals surface area contributed by atoms with Crippen molar-refractivity contribution >= 4 is 26.5 Å². The van der Waals surface area contributed by atoms with Crippen LogP contribution >= 0.6 is 0 Å². The Morgan fingerprint density at radius 2 is 1.50 bits per heavy atom. The lowest BCUT2D eigenvalue weighted by Gasteiger charge is -2.24. The van der Waals surface area contributed by atoms with Gasteiger partial charge >= 0.3 is 0 Å². The van der Waals surface area contributed by atoms with Crippen LogP contribution in [0.25, 0.3) is 10.8 Å². The predicted octanol–water partition coefficient (Wildman–Crippen LogP) is 2.67. The number of hydrogen-bond donors (Lipinski definition) is 1. The predicted molar refractivity (Wildman–Crippen MR) is 97.3 cm³/mol. The molecule has 3 aromatic rings. The highest BCUT2D eigenvalue weighted by molar-refractivity contribution is 7.92. The van der Waals surface area contributed by atoms with Crippen LogP contribution in [0.3, 0.4) is 0 Å². The second-order valence-electron chi connectivity index (χ2n) is 5.63. The first-order chi connectivity index (χ1) is 11.6. The molecule has 0 fully saturated rings. The number of quaternary nitrogens is 1. The molecule has 0 saturated carbocycles. The van der Waals surface area contributed by atoms with E-state index in [9.17, 15) is 8.42 Å². The lowest BCUT2D eigenvalue weighted by Crippen LogP contribution is -2.51. The van der Waals surface area contributed by atoms with Gasteiger partial charge in [-0.25, -0.2) is 8.42 Å². The van der Waals surface area contributed by atoms with E-state index in [-0.39, 0.29) is 0 Å². The maximum absolute atomic E-state index is 13.2. The van der Waals surface area contributed by atoms with E-state index >= 15 is 0 Å². The maximum atomic E-state index is 13.2. The minimum atomic E-state index is -3.61. The Morgan fingerprint density at radius 3 is 2.21 bits per heavy atom. The molecule has 0 unspecified atom stereocenters. The van der Waals surface area contributed by atoms with E-state index in [1.54, 1.807) is 12.1 Å². The minimum absolute atomic E-state index is 0.314. The number of sulfonamides is 1. The first kappa shape index (κ1) is 16.5. The Labute approximate surface area is 142 Å².